The van der Waals surface area contributed by atoms with E-state index in [-0.39, 0.29) is 6.09 Å². The van der Waals surface area contributed by atoms with Crippen molar-refractivity contribution in [3.8, 4) is 0 Å². The third kappa shape index (κ3) is 2.95. The van der Waals surface area contributed by atoms with Gasteiger partial charge in [-0.2, -0.15) is 5.06 Å². The molecule has 1 spiro atoms. The molecule has 104 valence electrons. The first-order valence-corrected chi connectivity index (χ1v) is 6.61. The van der Waals surface area contributed by atoms with Crippen molar-refractivity contribution in [3.05, 3.63) is 0 Å². The molecule has 0 aromatic carbocycles. The van der Waals surface area contributed by atoms with Gasteiger partial charge in [0, 0.05) is 31.6 Å². The van der Waals surface area contributed by atoms with Gasteiger partial charge in [-0.1, -0.05) is 0 Å². The predicted molar refractivity (Wildman–Crippen MR) is 68.1 cm³/mol. The molecule has 2 rings (SSSR count). The molecule has 0 unspecified atom stereocenters. The Bertz CT molecular complexity index is 309. The van der Waals surface area contributed by atoms with Crippen molar-refractivity contribution >= 4 is 6.09 Å². The van der Waals surface area contributed by atoms with Crippen LogP contribution in [-0.2, 0) is 9.57 Å². The number of ether oxygens (including phenoxy) is 1. The highest BCUT2D eigenvalue weighted by Crippen LogP contribution is 2.40. The van der Waals surface area contributed by atoms with E-state index in [4.69, 9.17) is 9.57 Å². The lowest BCUT2D eigenvalue weighted by Gasteiger charge is -2.52. The van der Waals surface area contributed by atoms with Gasteiger partial charge in [0.15, 0.2) is 0 Å². The van der Waals surface area contributed by atoms with E-state index in [0.717, 1.165) is 39.0 Å². The zero-order valence-electron chi connectivity index (χ0n) is 11.9. The number of nitrogens with zero attached hydrogens (tertiary/aromatic N) is 2. The molecular weight excluding hydrogens is 232 g/mol. The van der Waals surface area contributed by atoms with Crippen LogP contribution in [0.3, 0.4) is 0 Å². The third-order valence-electron chi connectivity index (χ3n) is 3.76. The summed E-state index contributed by atoms with van der Waals surface area (Å²) in [5.41, 5.74) is -0.0376. The summed E-state index contributed by atoms with van der Waals surface area (Å²) in [7, 11) is 1.71. The van der Waals surface area contributed by atoms with Crippen LogP contribution < -0.4 is 0 Å². The van der Waals surface area contributed by atoms with Gasteiger partial charge in [-0.15, -0.1) is 0 Å². The fourth-order valence-electron chi connectivity index (χ4n) is 2.64. The summed E-state index contributed by atoms with van der Waals surface area (Å²) < 4.78 is 5.39. The van der Waals surface area contributed by atoms with Crippen molar-refractivity contribution in [1.82, 2.24) is 9.96 Å². The molecule has 2 heterocycles. The Morgan fingerprint density at radius 1 is 1.17 bits per heavy atom. The summed E-state index contributed by atoms with van der Waals surface area (Å²) >= 11 is 0. The van der Waals surface area contributed by atoms with Crippen LogP contribution in [0.15, 0.2) is 0 Å². The molecule has 0 aromatic heterocycles. The lowest BCUT2D eigenvalue weighted by Crippen LogP contribution is -2.60. The van der Waals surface area contributed by atoms with Gasteiger partial charge < -0.3 is 14.5 Å². The molecule has 0 bridgehead atoms. The SMILES string of the molecule is CON1CC2(CCN(C(=O)OC(C)(C)C)CC2)C1. The number of likely N-dealkylation sites (tertiary alicyclic amines) is 1. The van der Waals surface area contributed by atoms with E-state index in [0.29, 0.717) is 5.41 Å². The number of hydrogen-bond acceptors (Lipinski definition) is 4. The summed E-state index contributed by atoms with van der Waals surface area (Å²) in [6.45, 7) is 9.28. The highest BCUT2D eigenvalue weighted by atomic mass is 16.7. The average molecular weight is 256 g/mol. The number of rotatable bonds is 1. The lowest BCUT2D eigenvalue weighted by atomic mass is 9.73. The van der Waals surface area contributed by atoms with Crippen molar-refractivity contribution < 1.29 is 14.4 Å². The van der Waals surface area contributed by atoms with E-state index in [2.05, 4.69) is 0 Å². The Morgan fingerprint density at radius 2 is 1.72 bits per heavy atom. The minimum Gasteiger partial charge on any atom is -0.444 e. The number of hydroxylamine groups is 2. The summed E-state index contributed by atoms with van der Waals surface area (Å²) in [6.07, 6.45) is 1.92. The lowest BCUT2D eigenvalue weighted by molar-refractivity contribution is -0.240. The van der Waals surface area contributed by atoms with Gasteiger partial charge in [0.1, 0.15) is 5.60 Å². The topological polar surface area (TPSA) is 42.0 Å². The highest BCUT2D eigenvalue weighted by Gasteiger charge is 2.46. The average Bonchev–Trinajstić information content (AvgIpc) is 2.23. The van der Waals surface area contributed by atoms with Crippen molar-refractivity contribution in [2.75, 3.05) is 33.3 Å². The maximum Gasteiger partial charge on any atom is 0.410 e. The smallest absolute Gasteiger partial charge is 0.410 e. The predicted octanol–water partition coefficient (Wildman–Crippen LogP) is 1.88. The van der Waals surface area contributed by atoms with E-state index in [1.807, 2.05) is 30.7 Å². The van der Waals surface area contributed by atoms with Crippen LogP contribution in [0.4, 0.5) is 4.79 Å². The molecule has 1 amide bonds. The minimum atomic E-state index is -0.407. The number of carbonyl (C=O) groups is 1. The number of carbonyl (C=O) groups excluding carboxylic acids is 1. The zero-order valence-corrected chi connectivity index (χ0v) is 11.9. The fourth-order valence-corrected chi connectivity index (χ4v) is 2.64. The number of amides is 1. The molecule has 5 nitrogen and oxygen atoms in total. The van der Waals surface area contributed by atoms with Crippen molar-refractivity contribution in [3.63, 3.8) is 0 Å². The van der Waals surface area contributed by atoms with Crippen LogP contribution in [0, 0.1) is 5.41 Å². The van der Waals surface area contributed by atoms with E-state index in [9.17, 15) is 4.79 Å². The molecule has 0 aromatic rings. The molecule has 2 saturated heterocycles. The van der Waals surface area contributed by atoms with Crippen molar-refractivity contribution in [2.24, 2.45) is 5.41 Å². The molecule has 0 aliphatic carbocycles. The van der Waals surface area contributed by atoms with Crippen LogP contribution in [-0.4, -0.2) is 54.9 Å². The number of piperidine rings is 1. The Morgan fingerprint density at radius 3 is 2.17 bits per heavy atom. The van der Waals surface area contributed by atoms with Gasteiger partial charge in [0.25, 0.3) is 0 Å². The van der Waals surface area contributed by atoms with Crippen LogP contribution in [0.5, 0.6) is 0 Å². The Hall–Kier alpha value is -0.810. The normalized spacial score (nSPS) is 23.9. The second-order valence-electron chi connectivity index (χ2n) is 6.45. The Balaban J connectivity index is 1.79. The van der Waals surface area contributed by atoms with Crippen molar-refractivity contribution in [2.45, 2.75) is 39.2 Å². The minimum absolute atomic E-state index is 0.180. The molecular formula is C13H24N2O3. The van der Waals surface area contributed by atoms with Crippen LogP contribution in [0.25, 0.3) is 0 Å². The van der Waals surface area contributed by atoms with Crippen LogP contribution >= 0.6 is 0 Å². The first kappa shape index (κ1) is 13.6. The van der Waals surface area contributed by atoms with Gasteiger partial charge in [-0.3, -0.25) is 0 Å². The van der Waals surface area contributed by atoms with E-state index >= 15 is 0 Å². The monoisotopic (exact) mass is 256 g/mol. The largest absolute Gasteiger partial charge is 0.444 e. The van der Waals surface area contributed by atoms with E-state index < -0.39 is 5.60 Å². The third-order valence-corrected chi connectivity index (χ3v) is 3.76. The molecule has 0 radical (unpaired) electrons. The molecule has 18 heavy (non-hydrogen) atoms. The highest BCUT2D eigenvalue weighted by molar-refractivity contribution is 5.68. The molecule has 0 atom stereocenters. The van der Waals surface area contributed by atoms with Gasteiger partial charge in [0.2, 0.25) is 0 Å². The second kappa shape index (κ2) is 4.70. The summed E-state index contributed by atoms with van der Waals surface area (Å²) in [5, 5.41) is 1.98. The quantitative estimate of drug-likeness (QED) is 0.718. The zero-order chi connectivity index (χ0) is 13.4. The molecule has 0 N–H and O–H groups in total. The van der Waals surface area contributed by atoms with Gasteiger partial charge in [-0.25, -0.2) is 4.79 Å². The molecule has 2 aliphatic heterocycles. The maximum absolute atomic E-state index is 11.9. The molecule has 2 fully saturated rings. The maximum atomic E-state index is 11.9. The van der Waals surface area contributed by atoms with Crippen LogP contribution in [0.2, 0.25) is 0 Å². The first-order valence-electron chi connectivity index (χ1n) is 6.61. The number of hydrogen-bond donors (Lipinski definition) is 0. The summed E-state index contributed by atoms with van der Waals surface area (Å²) in [5.74, 6) is 0. The van der Waals surface area contributed by atoms with Gasteiger partial charge in [-0.05, 0) is 33.6 Å². The molecule has 2 aliphatic rings. The molecule has 0 saturated carbocycles. The van der Waals surface area contributed by atoms with Crippen molar-refractivity contribution in [1.29, 1.82) is 0 Å². The standard InChI is InChI=1S/C13H24N2O3/c1-12(2,3)18-11(16)14-7-5-13(6-8-14)9-15(10-13)17-4/h5-10H2,1-4H3. The Labute approximate surface area is 109 Å². The summed E-state index contributed by atoms with van der Waals surface area (Å²) in [6, 6.07) is 0. The molecule has 5 heteroatoms. The van der Waals surface area contributed by atoms with Crippen LogP contribution in [0.1, 0.15) is 33.6 Å². The van der Waals surface area contributed by atoms with E-state index in [1.165, 1.54) is 0 Å². The second-order valence-corrected chi connectivity index (χ2v) is 6.45. The van der Waals surface area contributed by atoms with Gasteiger partial charge in [0.05, 0.1) is 7.11 Å². The van der Waals surface area contributed by atoms with E-state index in [1.54, 1.807) is 7.11 Å². The fraction of sp³-hybridized carbons (Fsp3) is 0.923. The Kier molecular flexibility index (Phi) is 3.56. The van der Waals surface area contributed by atoms with Gasteiger partial charge >= 0.3 is 6.09 Å². The first-order chi connectivity index (χ1) is 8.34. The summed E-state index contributed by atoms with van der Waals surface area (Å²) in [4.78, 5) is 18.9.